The van der Waals surface area contributed by atoms with Crippen molar-refractivity contribution in [3.63, 3.8) is 0 Å². The van der Waals surface area contributed by atoms with Crippen LogP contribution in [-0.4, -0.2) is 53.3 Å². The number of primary amides is 1. The summed E-state index contributed by atoms with van der Waals surface area (Å²) in [4.78, 5) is 14.4. The average Bonchev–Trinajstić information content (AvgIpc) is 3.27. The van der Waals surface area contributed by atoms with Gasteiger partial charge in [0.25, 0.3) is 5.91 Å². The van der Waals surface area contributed by atoms with E-state index < -0.39 is 5.91 Å². The molecule has 28 heavy (non-hydrogen) atoms. The van der Waals surface area contributed by atoms with Crippen LogP contribution in [0.3, 0.4) is 0 Å². The monoisotopic (exact) mass is 382 g/mol. The second-order valence-corrected chi connectivity index (χ2v) is 8.36. The van der Waals surface area contributed by atoms with Crippen LogP contribution < -0.4 is 16.8 Å². The number of hydrogen-bond acceptors (Lipinski definition) is 5. The Morgan fingerprint density at radius 1 is 1.32 bits per heavy atom. The summed E-state index contributed by atoms with van der Waals surface area (Å²) in [7, 11) is 4.20. The van der Waals surface area contributed by atoms with Crippen LogP contribution >= 0.6 is 0 Å². The lowest BCUT2D eigenvalue weighted by molar-refractivity contribution is 0.0999. The number of likely N-dealkylation sites (N-methyl/N-ethyl adjacent to an activating group) is 1. The van der Waals surface area contributed by atoms with Crippen molar-refractivity contribution < 1.29 is 4.79 Å². The molecule has 3 atom stereocenters. The number of hydrogen-bond donors (Lipinski definition) is 3. The highest BCUT2D eigenvalue weighted by Gasteiger charge is 2.31. The molecule has 0 bridgehead atoms. The van der Waals surface area contributed by atoms with Gasteiger partial charge in [0.1, 0.15) is 11.4 Å². The largest absolute Gasteiger partial charge is 0.383 e. The van der Waals surface area contributed by atoms with E-state index >= 15 is 0 Å². The first-order valence-corrected chi connectivity index (χ1v) is 10.1. The summed E-state index contributed by atoms with van der Waals surface area (Å²) in [5, 5.41) is 8.34. The fourth-order valence-electron chi connectivity index (χ4n) is 4.64. The number of carbonyl (C=O) groups excluding carboxylic acids is 1. The van der Waals surface area contributed by atoms with Gasteiger partial charge in [0, 0.05) is 24.5 Å². The van der Waals surface area contributed by atoms with Crippen molar-refractivity contribution in [2.75, 3.05) is 26.4 Å². The smallest absolute Gasteiger partial charge is 0.254 e. The van der Waals surface area contributed by atoms with Gasteiger partial charge >= 0.3 is 0 Å². The van der Waals surface area contributed by atoms with E-state index in [0.717, 1.165) is 37.9 Å². The molecule has 1 aliphatic carbocycles. The van der Waals surface area contributed by atoms with E-state index in [0.29, 0.717) is 24.0 Å². The molecule has 0 saturated carbocycles. The molecule has 1 amide bonds. The highest BCUT2D eigenvalue weighted by atomic mass is 16.1. The third kappa shape index (κ3) is 3.52. The Bertz CT molecular complexity index is 874. The Hall–Kier alpha value is -2.38. The fraction of sp³-hybridized carbons (Fsp3) is 0.524. The SMILES string of the molecule is CN(C)[C@@H]1CN[C@H](Cn2nc(C3CCc4ccccc4C3)c(C(N)=O)c2N)C1. The maximum absolute atomic E-state index is 12.2. The summed E-state index contributed by atoms with van der Waals surface area (Å²) in [6.07, 6.45) is 3.85. The molecule has 2 aliphatic rings. The van der Waals surface area contributed by atoms with E-state index in [-0.39, 0.29) is 12.0 Å². The lowest BCUT2D eigenvalue weighted by atomic mass is 9.81. The number of aryl methyl sites for hydroxylation is 1. The van der Waals surface area contributed by atoms with Gasteiger partial charge in [-0.25, -0.2) is 4.68 Å². The third-order valence-corrected chi connectivity index (χ3v) is 6.32. The minimum atomic E-state index is -0.483. The zero-order chi connectivity index (χ0) is 19.8. The minimum absolute atomic E-state index is 0.173. The fourth-order valence-corrected chi connectivity index (χ4v) is 4.64. The van der Waals surface area contributed by atoms with Crippen LogP contribution in [0.2, 0.25) is 0 Å². The maximum atomic E-state index is 12.2. The standard InChI is InChI=1S/C21H30N6O/c1-26(2)17-10-16(24-11-17)12-27-20(22)18(21(23)28)19(25-27)15-8-7-13-5-3-4-6-14(13)9-15/h3-6,15-17,24H,7-12,22H2,1-2H3,(H2,23,28)/t15?,16-,17-/m0/s1. The number of anilines is 1. The molecule has 7 nitrogen and oxygen atoms in total. The van der Waals surface area contributed by atoms with E-state index in [4.69, 9.17) is 16.6 Å². The van der Waals surface area contributed by atoms with E-state index in [1.54, 1.807) is 4.68 Å². The molecule has 1 aromatic heterocycles. The Morgan fingerprint density at radius 3 is 2.75 bits per heavy atom. The number of fused-ring (bicyclic) bond motifs is 1. The molecule has 1 unspecified atom stereocenters. The van der Waals surface area contributed by atoms with Gasteiger partial charge in [0.05, 0.1) is 12.2 Å². The van der Waals surface area contributed by atoms with Crippen molar-refractivity contribution >= 4 is 11.7 Å². The number of benzene rings is 1. The molecular formula is C21H30N6O. The number of aromatic nitrogens is 2. The third-order valence-electron chi connectivity index (χ3n) is 6.32. The first-order valence-electron chi connectivity index (χ1n) is 10.1. The molecule has 2 aromatic rings. The molecule has 1 aromatic carbocycles. The summed E-state index contributed by atoms with van der Waals surface area (Å²) in [6, 6.07) is 9.28. The highest BCUT2D eigenvalue weighted by Crippen LogP contribution is 2.35. The molecule has 5 N–H and O–H groups in total. The van der Waals surface area contributed by atoms with Gasteiger partial charge in [0.15, 0.2) is 0 Å². The van der Waals surface area contributed by atoms with Crippen molar-refractivity contribution in [2.24, 2.45) is 5.73 Å². The second-order valence-electron chi connectivity index (χ2n) is 8.36. The molecule has 1 saturated heterocycles. The van der Waals surface area contributed by atoms with Crippen molar-refractivity contribution in [3.8, 4) is 0 Å². The molecule has 4 rings (SSSR count). The van der Waals surface area contributed by atoms with E-state index in [1.165, 1.54) is 11.1 Å². The zero-order valence-electron chi connectivity index (χ0n) is 16.7. The van der Waals surface area contributed by atoms with E-state index in [9.17, 15) is 4.79 Å². The summed E-state index contributed by atoms with van der Waals surface area (Å²) in [6.45, 7) is 1.60. The number of rotatable bonds is 5. The van der Waals surface area contributed by atoms with Crippen LogP contribution in [0.5, 0.6) is 0 Å². The van der Waals surface area contributed by atoms with Crippen LogP contribution in [-0.2, 0) is 19.4 Å². The first-order chi connectivity index (χ1) is 13.4. The van der Waals surface area contributed by atoms with Crippen molar-refractivity contribution in [3.05, 3.63) is 46.6 Å². The van der Waals surface area contributed by atoms with Gasteiger partial charge in [-0.3, -0.25) is 4.79 Å². The molecule has 0 spiro atoms. The van der Waals surface area contributed by atoms with Crippen molar-refractivity contribution in [1.82, 2.24) is 20.0 Å². The number of nitrogens with zero attached hydrogens (tertiary/aromatic N) is 3. The Morgan fingerprint density at radius 2 is 2.07 bits per heavy atom. The normalized spacial score (nSPS) is 24.5. The van der Waals surface area contributed by atoms with Crippen LogP contribution in [0.4, 0.5) is 5.82 Å². The summed E-state index contributed by atoms with van der Waals surface area (Å²) in [5.41, 5.74) is 15.9. The number of nitrogen functional groups attached to an aromatic ring is 1. The highest BCUT2D eigenvalue weighted by molar-refractivity contribution is 5.98. The van der Waals surface area contributed by atoms with Crippen LogP contribution in [0, 0.1) is 0 Å². The average molecular weight is 383 g/mol. The van der Waals surface area contributed by atoms with E-state index in [2.05, 4.69) is 48.6 Å². The maximum Gasteiger partial charge on any atom is 0.254 e. The number of nitrogens with one attached hydrogen (secondary N) is 1. The van der Waals surface area contributed by atoms with Crippen LogP contribution in [0.25, 0.3) is 0 Å². The zero-order valence-corrected chi connectivity index (χ0v) is 16.7. The van der Waals surface area contributed by atoms with Gasteiger partial charge in [-0.2, -0.15) is 5.10 Å². The number of amides is 1. The lowest BCUT2D eigenvalue weighted by Gasteiger charge is -2.23. The second kappa shape index (κ2) is 7.56. The van der Waals surface area contributed by atoms with E-state index in [1.807, 2.05) is 0 Å². The van der Waals surface area contributed by atoms with Gasteiger partial charge in [-0.1, -0.05) is 24.3 Å². The number of nitrogens with two attached hydrogens (primary N) is 2. The number of carbonyl (C=O) groups is 1. The molecule has 150 valence electrons. The molecule has 2 heterocycles. The molecule has 0 radical (unpaired) electrons. The topological polar surface area (TPSA) is 102 Å². The van der Waals surface area contributed by atoms with Crippen LogP contribution in [0.1, 0.15) is 45.9 Å². The quantitative estimate of drug-likeness (QED) is 0.719. The Kier molecular flexibility index (Phi) is 5.12. The van der Waals surface area contributed by atoms with Gasteiger partial charge in [-0.15, -0.1) is 0 Å². The summed E-state index contributed by atoms with van der Waals surface area (Å²) < 4.78 is 1.78. The molecule has 7 heteroatoms. The van der Waals surface area contributed by atoms with Gasteiger partial charge in [0.2, 0.25) is 0 Å². The Balaban J connectivity index is 1.58. The Labute approximate surface area is 166 Å². The van der Waals surface area contributed by atoms with Crippen molar-refractivity contribution in [1.29, 1.82) is 0 Å². The molecular weight excluding hydrogens is 352 g/mol. The molecule has 1 aliphatic heterocycles. The van der Waals surface area contributed by atoms with Crippen molar-refractivity contribution in [2.45, 2.75) is 50.2 Å². The summed E-state index contributed by atoms with van der Waals surface area (Å²) >= 11 is 0. The summed E-state index contributed by atoms with van der Waals surface area (Å²) in [5.74, 6) is 0.0895. The van der Waals surface area contributed by atoms with Gasteiger partial charge < -0.3 is 21.7 Å². The predicted molar refractivity (Wildman–Crippen MR) is 110 cm³/mol. The minimum Gasteiger partial charge on any atom is -0.383 e. The lowest BCUT2D eigenvalue weighted by Crippen LogP contribution is -2.29. The van der Waals surface area contributed by atoms with Gasteiger partial charge in [-0.05, 0) is 50.9 Å². The van der Waals surface area contributed by atoms with Crippen LogP contribution in [0.15, 0.2) is 24.3 Å². The predicted octanol–water partition coefficient (Wildman–Crippen LogP) is 1.13. The molecule has 1 fully saturated rings. The first kappa shape index (κ1) is 19.0.